The largest absolute Gasteiger partial charge is 0.309 e. The topological polar surface area (TPSA) is 24.9 Å². The lowest BCUT2D eigenvalue weighted by Gasteiger charge is -2.18. The van der Waals surface area contributed by atoms with Gasteiger partial charge < -0.3 is 5.32 Å². The van der Waals surface area contributed by atoms with E-state index in [-0.39, 0.29) is 6.04 Å². The molecule has 0 spiro atoms. The van der Waals surface area contributed by atoms with E-state index in [1.165, 1.54) is 5.56 Å². The minimum atomic E-state index is 0.102. The average molecular weight is 247 g/mol. The van der Waals surface area contributed by atoms with Gasteiger partial charge in [0.2, 0.25) is 0 Å². The normalized spacial score (nSPS) is 12.4. The lowest BCUT2D eigenvalue weighted by atomic mass is 9.99. The lowest BCUT2D eigenvalue weighted by molar-refractivity contribution is 0.690. The van der Waals surface area contributed by atoms with Gasteiger partial charge in [-0.3, -0.25) is 4.98 Å². The molecular weight excluding hydrogens is 232 g/mol. The van der Waals surface area contributed by atoms with Crippen molar-refractivity contribution < 1.29 is 0 Å². The van der Waals surface area contributed by atoms with Gasteiger partial charge in [0.05, 0.1) is 6.04 Å². The molecule has 1 unspecified atom stereocenters. The molecule has 3 heteroatoms. The van der Waals surface area contributed by atoms with Crippen LogP contribution in [0.3, 0.4) is 0 Å². The van der Waals surface area contributed by atoms with E-state index in [1.54, 1.807) is 0 Å². The second kappa shape index (κ2) is 5.30. The zero-order chi connectivity index (χ0) is 12.3. The van der Waals surface area contributed by atoms with Crippen molar-refractivity contribution >= 4 is 11.6 Å². The van der Waals surface area contributed by atoms with Gasteiger partial charge in [-0.15, -0.1) is 0 Å². The summed E-state index contributed by atoms with van der Waals surface area (Å²) in [5.41, 5.74) is 3.27. The molecular formula is C14H15ClN2. The fourth-order valence-corrected chi connectivity index (χ4v) is 2.20. The molecule has 0 radical (unpaired) electrons. The Morgan fingerprint density at radius 2 is 2.00 bits per heavy atom. The summed E-state index contributed by atoms with van der Waals surface area (Å²) in [4.78, 5) is 4.21. The molecule has 17 heavy (non-hydrogen) atoms. The summed E-state index contributed by atoms with van der Waals surface area (Å²) in [6, 6.07) is 12.1. The van der Waals surface area contributed by atoms with Gasteiger partial charge >= 0.3 is 0 Å². The lowest BCUT2D eigenvalue weighted by Crippen LogP contribution is -2.18. The van der Waals surface area contributed by atoms with Gasteiger partial charge in [-0.05, 0) is 43.3 Å². The van der Waals surface area contributed by atoms with E-state index in [0.717, 1.165) is 16.3 Å². The van der Waals surface area contributed by atoms with Gasteiger partial charge in [-0.2, -0.15) is 0 Å². The summed E-state index contributed by atoms with van der Waals surface area (Å²) in [5.74, 6) is 0. The minimum absolute atomic E-state index is 0.102. The Morgan fingerprint density at radius 3 is 2.65 bits per heavy atom. The second-order valence-electron chi connectivity index (χ2n) is 3.97. The highest BCUT2D eigenvalue weighted by Crippen LogP contribution is 2.27. The van der Waals surface area contributed by atoms with Crippen LogP contribution < -0.4 is 5.32 Å². The van der Waals surface area contributed by atoms with Gasteiger partial charge in [0.1, 0.15) is 0 Å². The zero-order valence-electron chi connectivity index (χ0n) is 9.94. The van der Waals surface area contributed by atoms with E-state index in [4.69, 9.17) is 11.6 Å². The average Bonchev–Trinajstić information content (AvgIpc) is 2.33. The summed E-state index contributed by atoms with van der Waals surface area (Å²) >= 11 is 6.23. The Morgan fingerprint density at radius 1 is 1.24 bits per heavy atom. The summed E-state index contributed by atoms with van der Waals surface area (Å²) in [7, 11) is 1.93. The maximum Gasteiger partial charge on any atom is 0.0590 e. The summed E-state index contributed by atoms with van der Waals surface area (Å²) in [6.07, 6.45) is 1.83. The molecule has 1 aromatic carbocycles. The first-order valence-corrected chi connectivity index (χ1v) is 5.94. The maximum atomic E-state index is 6.23. The third-order valence-corrected chi connectivity index (χ3v) is 3.10. The van der Waals surface area contributed by atoms with Crippen LogP contribution >= 0.6 is 11.6 Å². The van der Waals surface area contributed by atoms with Crippen LogP contribution in [0.15, 0.2) is 42.6 Å². The molecule has 2 aromatic rings. The van der Waals surface area contributed by atoms with E-state index >= 15 is 0 Å². The molecule has 0 saturated heterocycles. The Labute approximate surface area is 107 Å². The summed E-state index contributed by atoms with van der Waals surface area (Å²) in [6.45, 7) is 1.99. The first-order valence-electron chi connectivity index (χ1n) is 5.56. The van der Waals surface area contributed by atoms with Crippen LogP contribution in [0.2, 0.25) is 5.02 Å². The van der Waals surface area contributed by atoms with Crippen molar-refractivity contribution in [3.05, 3.63) is 64.4 Å². The van der Waals surface area contributed by atoms with Gasteiger partial charge in [0.25, 0.3) is 0 Å². The fraction of sp³-hybridized carbons (Fsp3) is 0.214. The SMILES string of the molecule is CNC(c1ccnc(C)c1)c1ccccc1Cl. The van der Waals surface area contributed by atoms with Crippen molar-refractivity contribution in [3.63, 3.8) is 0 Å². The predicted octanol–water partition coefficient (Wildman–Crippen LogP) is 3.35. The molecule has 0 aliphatic heterocycles. The van der Waals surface area contributed by atoms with Crippen molar-refractivity contribution in [1.82, 2.24) is 10.3 Å². The maximum absolute atomic E-state index is 6.23. The first-order chi connectivity index (χ1) is 8.22. The molecule has 1 aromatic heterocycles. The van der Waals surface area contributed by atoms with Crippen molar-refractivity contribution in [2.24, 2.45) is 0 Å². The Hall–Kier alpha value is -1.38. The third kappa shape index (κ3) is 2.65. The van der Waals surface area contributed by atoms with Crippen molar-refractivity contribution in [3.8, 4) is 0 Å². The molecule has 88 valence electrons. The Bertz CT molecular complexity index is 511. The Kier molecular flexibility index (Phi) is 3.77. The smallest absolute Gasteiger partial charge is 0.0590 e. The number of rotatable bonds is 3. The molecule has 1 N–H and O–H groups in total. The van der Waals surface area contributed by atoms with Gasteiger partial charge in [0.15, 0.2) is 0 Å². The summed E-state index contributed by atoms with van der Waals surface area (Å²) < 4.78 is 0. The van der Waals surface area contributed by atoms with E-state index in [1.807, 2.05) is 50.5 Å². The molecule has 0 bridgehead atoms. The molecule has 1 atom stereocenters. The van der Waals surface area contributed by atoms with Crippen molar-refractivity contribution in [2.75, 3.05) is 7.05 Å². The van der Waals surface area contributed by atoms with Crippen LogP contribution in [0, 0.1) is 6.92 Å². The highest BCUT2D eigenvalue weighted by Gasteiger charge is 2.14. The predicted molar refractivity (Wildman–Crippen MR) is 71.3 cm³/mol. The number of nitrogens with zero attached hydrogens (tertiary/aromatic N) is 1. The summed E-state index contributed by atoms with van der Waals surface area (Å²) in [5, 5.41) is 4.07. The monoisotopic (exact) mass is 246 g/mol. The van der Waals surface area contributed by atoms with Crippen molar-refractivity contribution in [1.29, 1.82) is 0 Å². The molecule has 0 aliphatic rings. The number of halogens is 1. The fourth-order valence-electron chi connectivity index (χ4n) is 1.96. The van der Waals surface area contributed by atoms with Crippen LogP contribution in [0.25, 0.3) is 0 Å². The van der Waals surface area contributed by atoms with Crippen LogP contribution in [-0.4, -0.2) is 12.0 Å². The highest BCUT2D eigenvalue weighted by atomic mass is 35.5. The van der Waals surface area contributed by atoms with E-state index in [0.29, 0.717) is 0 Å². The molecule has 2 nitrogen and oxygen atoms in total. The Balaban J connectivity index is 2.44. The van der Waals surface area contributed by atoms with E-state index in [9.17, 15) is 0 Å². The second-order valence-corrected chi connectivity index (χ2v) is 4.38. The number of pyridine rings is 1. The van der Waals surface area contributed by atoms with Crippen LogP contribution in [-0.2, 0) is 0 Å². The van der Waals surface area contributed by atoms with E-state index in [2.05, 4.69) is 16.4 Å². The number of hydrogen-bond donors (Lipinski definition) is 1. The van der Waals surface area contributed by atoms with Gasteiger partial charge in [0, 0.05) is 16.9 Å². The van der Waals surface area contributed by atoms with Crippen LogP contribution in [0.4, 0.5) is 0 Å². The number of aromatic nitrogens is 1. The molecule has 1 heterocycles. The number of hydrogen-bond acceptors (Lipinski definition) is 2. The van der Waals surface area contributed by atoms with Gasteiger partial charge in [-0.25, -0.2) is 0 Å². The molecule has 0 saturated carbocycles. The number of benzene rings is 1. The quantitative estimate of drug-likeness (QED) is 0.899. The van der Waals surface area contributed by atoms with E-state index < -0.39 is 0 Å². The molecule has 0 amide bonds. The molecule has 2 rings (SSSR count). The van der Waals surface area contributed by atoms with Crippen LogP contribution in [0.1, 0.15) is 22.9 Å². The van der Waals surface area contributed by atoms with Crippen molar-refractivity contribution in [2.45, 2.75) is 13.0 Å². The van der Waals surface area contributed by atoms with Gasteiger partial charge in [-0.1, -0.05) is 29.8 Å². The first kappa shape index (κ1) is 12.1. The molecule has 0 fully saturated rings. The zero-order valence-corrected chi connectivity index (χ0v) is 10.7. The highest BCUT2D eigenvalue weighted by molar-refractivity contribution is 6.31. The molecule has 0 aliphatic carbocycles. The standard InChI is InChI=1S/C14H15ClN2/c1-10-9-11(7-8-17-10)14(16-2)12-5-3-4-6-13(12)15/h3-9,14,16H,1-2H3. The number of aryl methyl sites for hydroxylation is 1. The minimum Gasteiger partial charge on any atom is -0.309 e. The third-order valence-electron chi connectivity index (χ3n) is 2.76. The van der Waals surface area contributed by atoms with Crippen LogP contribution in [0.5, 0.6) is 0 Å². The number of nitrogens with one attached hydrogen (secondary N) is 1.